The van der Waals surface area contributed by atoms with Gasteiger partial charge in [0, 0.05) is 17.4 Å². The molecule has 0 unspecified atom stereocenters. The summed E-state index contributed by atoms with van der Waals surface area (Å²) >= 11 is 3.44. The van der Waals surface area contributed by atoms with E-state index in [1.165, 1.54) is 0 Å². The first-order valence-electron chi connectivity index (χ1n) is 7.02. The van der Waals surface area contributed by atoms with E-state index in [4.69, 9.17) is 5.11 Å². The minimum absolute atomic E-state index is 0.218. The number of amides is 2. The summed E-state index contributed by atoms with van der Waals surface area (Å²) in [5.74, 6) is -0.753. The topological polar surface area (TPSA) is 78.4 Å². The van der Waals surface area contributed by atoms with Gasteiger partial charge in [-0.1, -0.05) is 25.0 Å². The van der Waals surface area contributed by atoms with Crippen LogP contribution in [-0.2, 0) is 4.79 Å². The first-order chi connectivity index (χ1) is 10.0. The fourth-order valence-electron chi connectivity index (χ4n) is 1.87. The number of nitrogens with one attached hydrogen (secondary N) is 2. The van der Waals surface area contributed by atoms with E-state index in [0.29, 0.717) is 13.0 Å². The Labute approximate surface area is 133 Å². The summed E-state index contributed by atoms with van der Waals surface area (Å²) in [6.07, 6.45) is 3.55. The molecule has 6 heteroatoms. The number of carbonyl (C=O) groups excluding carboxylic acids is 1. The summed E-state index contributed by atoms with van der Waals surface area (Å²) in [7, 11) is 0. The third-order valence-corrected chi connectivity index (χ3v) is 4.10. The molecular formula is C15H21BrN2O3. The molecule has 0 saturated heterocycles. The van der Waals surface area contributed by atoms with Crippen LogP contribution in [0, 0.1) is 6.92 Å². The second-order valence-corrected chi connectivity index (χ2v) is 5.67. The van der Waals surface area contributed by atoms with Gasteiger partial charge in [0.2, 0.25) is 0 Å². The lowest BCUT2D eigenvalue weighted by atomic mass is 10.1. The lowest BCUT2D eigenvalue weighted by Gasteiger charge is -2.10. The zero-order chi connectivity index (χ0) is 15.7. The van der Waals surface area contributed by atoms with Crippen molar-refractivity contribution in [1.82, 2.24) is 5.32 Å². The largest absolute Gasteiger partial charge is 0.481 e. The molecule has 0 bridgehead atoms. The van der Waals surface area contributed by atoms with Crippen molar-refractivity contribution >= 4 is 33.6 Å². The number of carbonyl (C=O) groups is 2. The van der Waals surface area contributed by atoms with Crippen molar-refractivity contribution in [2.24, 2.45) is 0 Å². The maximum atomic E-state index is 11.7. The van der Waals surface area contributed by atoms with Gasteiger partial charge in [0.25, 0.3) is 0 Å². The molecule has 0 aliphatic carbocycles. The van der Waals surface area contributed by atoms with Crippen molar-refractivity contribution < 1.29 is 14.7 Å². The maximum absolute atomic E-state index is 11.7. The van der Waals surface area contributed by atoms with Crippen LogP contribution in [-0.4, -0.2) is 23.7 Å². The summed E-state index contributed by atoms with van der Waals surface area (Å²) in [6.45, 7) is 2.55. The highest BCUT2D eigenvalue weighted by Crippen LogP contribution is 2.25. The Balaban J connectivity index is 2.17. The third kappa shape index (κ3) is 7.13. The lowest BCUT2D eigenvalue weighted by Crippen LogP contribution is -2.29. The molecule has 0 fully saturated rings. The lowest BCUT2D eigenvalue weighted by molar-refractivity contribution is -0.137. The summed E-state index contributed by atoms with van der Waals surface area (Å²) in [6, 6.07) is 5.46. The molecule has 5 nitrogen and oxygen atoms in total. The average molecular weight is 357 g/mol. The molecule has 3 N–H and O–H groups in total. The summed E-state index contributed by atoms with van der Waals surface area (Å²) in [4.78, 5) is 22.1. The van der Waals surface area contributed by atoms with Gasteiger partial charge in [0.15, 0.2) is 0 Å². The van der Waals surface area contributed by atoms with Crippen LogP contribution in [0.2, 0.25) is 0 Å². The van der Waals surface area contributed by atoms with Gasteiger partial charge in [-0.2, -0.15) is 0 Å². The van der Waals surface area contributed by atoms with Gasteiger partial charge in [-0.3, -0.25) is 4.79 Å². The molecule has 0 aliphatic heterocycles. The van der Waals surface area contributed by atoms with E-state index in [1.54, 1.807) is 0 Å². The quantitative estimate of drug-likeness (QED) is 0.617. The molecule has 1 aromatic rings. The third-order valence-electron chi connectivity index (χ3n) is 3.04. The first kappa shape index (κ1) is 17.5. The van der Waals surface area contributed by atoms with E-state index in [-0.39, 0.29) is 12.5 Å². The van der Waals surface area contributed by atoms with Crippen LogP contribution in [0.5, 0.6) is 0 Å². The van der Waals surface area contributed by atoms with Crippen LogP contribution in [0.3, 0.4) is 0 Å². The molecule has 0 saturated carbocycles. The molecule has 21 heavy (non-hydrogen) atoms. The number of carboxylic acid groups (broad SMARTS) is 1. The zero-order valence-electron chi connectivity index (χ0n) is 12.1. The Hall–Kier alpha value is -1.56. The van der Waals surface area contributed by atoms with Gasteiger partial charge in [0.05, 0.1) is 5.69 Å². The predicted molar refractivity (Wildman–Crippen MR) is 86.6 cm³/mol. The van der Waals surface area contributed by atoms with E-state index >= 15 is 0 Å². The highest BCUT2D eigenvalue weighted by Gasteiger charge is 2.06. The molecule has 116 valence electrons. The van der Waals surface area contributed by atoms with Crippen molar-refractivity contribution in [1.29, 1.82) is 0 Å². The van der Waals surface area contributed by atoms with E-state index in [1.807, 2.05) is 25.1 Å². The number of urea groups is 1. The zero-order valence-corrected chi connectivity index (χ0v) is 13.7. The van der Waals surface area contributed by atoms with Gasteiger partial charge in [0.1, 0.15) is 0 Å². The van der Waals surface area contributed by atoms with Crippen molar-refractivity contribution in [3.05, 3.63) is 28.2 Å². The number of aliphatic carboxylic acids is 1. The number of carboxylic acids is 1. The molecule has 2 amide bonds. The minimum Gasteiger partial charge on any atom is -0.481 e. The number of unbranched alkanes of at least 4 members (excludes halogenated alkanes) is 3. The van der Waals surface area contributed by atoms with Crippen LogP contribution < -0.4 is 10.6 Å². The van der Waals surface area contributed by atoms with Gasteiger partial charge in [-0.15, -0.1) is 0 Å². The predicted octanol–water partition coefficient (Wildman–Crippen LogP) is 3.91. The number of aryl methyl sites for hydroxylation is 1. The van der Waals surface area contributed by atoms with E-state index in [0.717, 1.165) is 35.0 Å². The van der Waals surface area contributed by atoms with Gasteiger partial charge < -0.3 is 15.7 Å². The Morgan fingerprint density at radius 3 is 2.62 bits per heavy atom. The van der Waals surface area contributed by atoms with Crippen LogP contribution in [0.1, 0.15) is 37.7 Å². The van der Waals surface area contributed by atoms with E-state index in [2.05, 4.69) is 26.6 Å². The van der Waals surface area contributed by atoms with Crippen molar-refractivity contribution in [2.75, 3.05) is 11.9 Å². The number of rotatable bonds is 8. The average Bonchev–Trinajstić information content (AvgIpc) is 2.42. The molecule has 0 spiro atoms. The van der Waals surface area contributed by atoms with Crippen LogP contribution in [0.15, 0.2) is 22.7 Å². The molecule has 1 aromatic carbocycles. The van der Waals surface area contributed by atoms with Gasteiger partial charge >= 0.3 is 12.0 Å². The molecule has 0 atom stereocenters. The highest BCUT2D eigenvalue weighted by atomic mass is 79.9. The fourth-order valence-corrected chi connectivity index (χ4v) is 2.23. The first-order valence-corrected chi connectivity index (χ1v) is 7.81. The summed E-state index contributed by atoms with van der Waals surface area (Å²) in [5, 5.41) is 14.1. The molecule has 1 rings (SSSR count). The number of hydrogen-bond acceptors (Lipinski definition) is 2. The summed E-state index contributed by atoms with van der Waals surface area (Å²) < 4.78 is 0.883. The number of hydrogen-bond donors (Lipinski definition) is 3. The van der Waals surface area contributed by atoms with Crippen LogP contribution in [0.25, 0.3) is 0 Å². The normalized spacial score (nSPS) is 10.2. The smallest absolute Gasteiger partial charge is 0.319 e. The minimum atomic E-state index is -0.753. The van der Waals surface area contributed by atoms with Gasteiger partial charge in [-0.05, 0) is 47.3 Å². The molecule has 0 heterocycles. The standard InChI is InChI=1S/C15H21BrN2O3/c1-11-7-6-8-12(14(11)16)18-15(21)17-10-5-3-2-4-9-13(19)20/h6-8H,2-5,9-10H2,1H3,(H,19,20)(H2,17,18,21). The second-order valence-electron chi connectivity index (χ2n) is 4.88. The van der Waals surface area contributed by atoms with E-state index in [9.17, 15) is 9.59 Å². The monoisotopic (exact) mass is 356 g/mol. The Morgan fingerprint density at radius 1 is 1.19 bits per heavy atom. The van der Waals surface area contributed by atoms with Crippen molar-refractivity contribution in [3.8, 4) is 0 Å². The molecule has 0 aliphatic rings. The maximum Gasteiger partial charge on any atom is 0.319 e. The molecule has 0 radical (unpaired) electrons. The SMILES string of the molecule is Cc1cccc(NC(=O)NCCCCCCC(=O)O)c1Br. The Kier molecular flexibility index (Phi) is 7.82. The van der Waals surface area contributed by atoms with Gasteiger partial charge in [-0.25, -0.2) is 4.79 Å². The Bertz CT molecular complexity index is 492. The number of benzene rings is 1. The van der Waals surface area contributed by atoms with E-state index < -0.39 is 5.97 Å². The molecular weight excluding hydrogens is 336 g/mol. The van der Waals surface area contributed by atoms with Crippen molar-refractivity contribution in [3.63, 3.8) is 0 Å². The second kappa shape index (κ2) is 9.39. The van der Waals surface area contributed by atoms with Crippen molar-refractivity contribution in [2.45, 2.75) is 39.0 Å². The summed E-state index contributed by atoms with van der Waals surface area (Å²) in [5.41, 5.74) is 1.81. The number of anilines is 1. The van der Waals surface area contributed by atoms with Crippen LogP contribution in [0.4, 0.5) is 10.5 Å². The van der Waals surface area contributed by atoms with Crippen LogP contribution >= 0.6 is 15.9 Å². The highest BCUT2D eigenvalue weighted by molar-refractivity contribution is 9.10. The Morgan fingerprint density at radius 2 is 1.90 bits per heavy atom. The fraction of sp³-hybridized carbons (Fsp3) is 0.467. The number of halogens is 1. The molecule has 0 aromatic heterocycles.